The van der Waals surface area contributed by atoms with E-state index in [1.54, 1.807) is 13.3 Å². The lowest BCUT2D eigenvalue weighted by atomic mass is 10.1. The van der Waals surface area contributed by atoms with Gasteiger partial charge in [0.05, 0.1) is 6.61 Å². The van der Waals surface area contributed by atoms with Crippen LogP contribution in [0.25, 0.3) is 0 Å². The second-order valence-corrected chi connectivity index (χ2v) is 3.95. The highest BCUT2D eigenvalue weighted by molar-refractivity contribution is 5.32. The third-order valence-corrected chi connectivity index (χ3v) is 2.16. The van der Waals surface area contributed by atoms with Crippen molar-refractivity contribution in [1.29, 1.82) is 0 Å². The molecular weight excluding hydrogens is 190 g/mol. The standard InChI is InChI=1S/C12H19NO2/c1-9(2)11-7-13-6-5-12(11)15-10(3)8-14-4/h5-7,9-10H,8H2,1-4H3. The number of ether oxygens (including phenoxy) is 2. The molecule has 0 saturated heterocycles. The summed E-state index contributed by atoms with van der Waals surface area (Å²) in [6, 6.07) is 1.90. The van der Waals surface area contributed by atoms with Gasteiger partial charge in [0.15, 0.2) is 0 Å². The van der Waals surface area contributed by atoms with Crippen molar-refractivity contribution < 1.29 is 9.47 Å². The van der Waals surface area contributed by atoms with Crippen LogP contribution in [0.2, 0.25) is 0 Å². The summed E-state index contributed by atoms with van der Waals surface area (Å²) in [5, 5.41) is 0. The van der Waals surface area contributed by atoms with Gasteiger partial charge in [0.25, 0.3) is 0 Å². The minimum Gasteiger partial charge on any atom is -0.488 e. The van der Waals surface area contributed by atoms with Crippen LogP contribution in [0.5, 0.6) is 5.75 Å². The maximum atomic E-state index is 5.78. The van der Waals surface area contributed by atoms with Crippen molar-refractivity contribution >= 4 is 0 Å². The predicted molar refractivity (Wildman–Crippen MR) is 60.3 cm³/mol. The number of hydrogen-bond acceptors (Lipinski definition) is 3. The molecule has 0 aliphatic rings. The predicted octanol–water partition coefficient (Wildman–Crippen LogP) is 2.62. The van der Waals surface area contributed by atoms with Crippen LogP contribution >= 0.6 is 0 Å². The van der Waals surface area contributed by atoms with Gasteiger partial charge in [-0.15, -0.1) is 0 Å². The van der Waals surface area contributed by atoms with Crippen molar-refractivity contribution in [3.05, 3.63) is 24.0 Å². The van der Waals surface area contributed by atoms with E-state index in [0.29, 0.717) is 12.5 Å². The summed E-state index contributed by atoms with van der Waals surface area (Å²) in [5.41, 5.74) is 1.14. The maximum absolute atomic E-state index is 5.78. The summed E-state index contributed by atoms with van der Waals surface area (Å²) in [4.78, 5) is 4.11. The number of pyridine rings is 1. The van der Waals surface area contributed by atoms with Crippen molar-refractivity contribution in [2.45, 2.75) is 32.8 Å². The molecule has 0 aromatic carbocycles. The number of methoxy groups -OCH3 is 1. The average Bonchev–Trinajstić information content (AvgIpc) is 2.18. The second kappa shape index (κ2) is 5.71. The Morgan fingerprint density at radius 1 is 1.33 bits per heavy atom. The maximum Gasteiger partial charge on any atom is 0.126 e. The Labute approximate surface area is 91.4 Å². The first kappa shape index (κ1) is 12.0. The molecule has 0 saturated carbocycles. The van der Waals surface area contributed by atoms with Crippen molar-refractivity contribution in [2.75, 3.05) is 13.7 Å². The highest BCUT2D eigenvalue weighted by atomic mass is 16.5. The van der Waals surface area contributed by atoms with Gasteiger partial charge in [-0.05, 0) is 18.9 Å². The summed E-state index contributed by atoms with van der Waals surface area (Å²) < 4.78 is 10.8. The van der Waals surface area contributed by atoms with Gasteiger partial charge in [0, 0.05) is 25.1 Å². The van der Waals surface area contributed by atoms with Crippen LogP contribution in [0, 0.1) is 0 Å². The van der Waals surface area contributed by atoms with E-state index in [1.807, 2.05) is 19.2 Å². The largest absolute Gasteiger partial charge is 0.488 e. The Kier molecular flexibility index (Phi) is 4.56. The highest BCUT2D eigenvalue weighted by Crippen LogP contribution is 2.25. The van der Waals surface area contributed by atoms with Gasteiger partial charge in [-0.25, -0.2) is 0 Å². The molecule has 1 atom stereocenters. The van der Waals surface area contributed by atoms with Crippen LogP contribution < -0.4 is 4.74 Å². The lowest BCUT2D eigenvalue weighted by Crippen LogP contribution is -2.18. The summed E-state index contributed by atoms with van der Waals surface area (Å²) in [5.74, 6) is 1.33. The van der Waals surface area contributed by atoms with Crippen LogP contribution in [-0.4, -0.2) is 24.8 Å². The van der Waals surface area contributed by atoms with Crippen molar-refractivity contribution in [2.24, 2.45) is 0 Å². The van der Waals surface area contributed by atoms with Crippen molar-refractivity contribution in [3.8, 4) is 5.75 Å². The van der Waals surface area contributed by atoms with Crippen LogP contribution in [0.3, 0.4) is 0 Å². The van der Waals surface area contributed by atoms with Crippen molar-refractivity contribution in [1.82, 2.24) is 4.98 Å². The molecule has 0 aliphatic carbocycles. The lowest BCUT2D eigenvalue weighted by molar-refractivity contribution is 0.0912. The molecule has 0 N–H and O–H groups in total. The smallest absolute Gasteiger partial charge is 0.126 e. The topological polar surface area (TPSA) is 31.4 Å². The van der Waals surface area contributed by atoms with E-state index in [4.69, 9.17) is 9.47 Å². The molecule has 3 heteroatoms. The monoisotopic (exact) mass is 209 g/mol. The van der Waals surface area contributed by atoms with Gasteiger partial charge in [-0.3, -0.25) is 4.98 Å². The second-order valence-electron chi connectivity index (χ2n) is 3.95. The fourth-order valence-corrected chi connectivity index (χ4v) is 1.42. The van der Waals surface area contributed by atoms with Crippen LogP contribution in [0.15, 0.2) is 18.5 Å². The SMILES string of the molecule is COCC(C)Oc1ccncc1C(C)C. The fraction of sp³-hybridized carbons (Fsp3) is 0.583. The molecule has 0 bridgehead atoms. The summed E-state index contributed by atoms with van der Waals surface area (Å²) >= 11 is 0. The van der Waals surface area contributed by atoms with Crippen LogP contribution in [0.4, 0.5) is 0 Å². The number of hydrogen-bond donors (Lipinski definition) is 0. The summed E-state index contributed by atoms with van der Waals surface area (Å²) in [7, 11) is 1.68. The minimum atomic E-state index is 0.0647. The Bertz CT molecular complexity index is 299. The fourth-order valence-electron chi connectivity index (χ4n) is 1.42. The van der Waals surface area contributed by atoms with E-state index in [9.17, 15) is 0 Å². The Hall–Kier alpha value is -1.09. The molecule has 0 fully saturated rings. The van der Waals surface area contributed by atoms with Gasteiger partial charge in [-0.2, -0.15) is 0 Å². The van der Waals surface area contributed by atoms with Gasteiger partial charge in [0.2, 0.25) is 0 Å². The molecule has 0 radical (unpaired) electrons. The highest BCUT2D eigenvalue weighted by Gasteiger charge is 2.10. The molecule has 0 spiro atoms. The normalized spacial score (nSPS) is 12.9. The van der Waals surface area contributed by atoms with Gasteiger partial charge < -0.3 is 9.47 Å². The van der Waals surface area contributed by atoms with E-state index < -0.39 is 0 Å². The van der Waals surface area contributed by atoms with Gasteiger partial charge >= 0.3 is 0 Å². The van der Waals surface area contributed by atoms with Crippen LogP contribution in [-0.2, 0) is 4.74 Å². The first-order valence-electron chi connectivity index (χ1n) is 5.24. The Balaban J connectivity index is 2.75. The van der Waals surface area contributed by atoms with E-state index in [2.05, 4.69) is 18.8 Å². The first-order chi connectivity index (χ1) is 7.15. The summed E-state index contributed by atoms with van der Waals surface area (Å²) in [6.07, 6.45) is 3.68. The van der Waals surface area contributed by atoms with Gasteiger partial charge in [0.1, 0.15) is 11.9 Å². The molecule has 1 heterocycles. The Morgan fingerprint density at radius 2 is 2.07 bits per heavy atom. The van der Waals surface area contributed by atoms with E-state index >= 15 is 0 Å². The molecule has 15 heavy (non-hydrogen) atoms. The van der Waals surface area contributed by atoms with E-state index in [0.717, 1.165) is 11.3 Å². The van der Waals surface area contributed by atoms with Gasteiger partial charge in [-0.1, -0.05) is 13.8 Å². The number of rotatable bonds is 5. The third kappa shape index (κ3) is 3.51. The molecule has 0 amide bonds. The molecular formula is C12H19NO2. The van der Waals surface area contributed by atoms with E-state index in [-0.39, 0.29) is 6.10 Å². The average molecular weight is 209 g/mol. The minimum absolute atomic E-state index is 0.0647. The van der Waals surface area contributed by atoms with E-state index in [1.165, 1.54) is 0 Å². The molecule has 1 unspecified atom stereocenters. The number of aromatic nitrogens is 1. The zero-order chi connectivity index (χ0) is 11.3. The summed E-state index contributed by atoms with van der Waals surface area (Å²) in [6.45, 7) is 6.85. The molecule has 84 valence electrons. The zero-order valence-electron chi connectivity index (χ0n) is 9.86. The Morgan fingerprint density at radius 3 is 2.67 bits per heavy atom. The molecule has 1 aromatic heterocycles. The number of nitrogens with zero attached hydrogens (tertiary/aromatic N) is 1. The molecule has 0 aliphatic heterocycles. The van der Waals surface area contributed by atoms with Crippen LogP contribution in [0.1, 0.15) is 32.3 Å². The third-order valence-electron chi connectivity index (χ3n) is 2.16. The zero-order valence-corrected chi connectivity index (χ0v) is 9.86. The molecule has 3 nitrogen and oxygen atoms in total. The molecule has 1 rings (SSSR count). The molecule has 1 aromatic rings. The first-order valence-corrected chi connectivity index (χ1v) is 5.24. The lowest BCUT2D eigenvalue weighted by Gasteiger charge is -2.17. The van der Waals surface area contributed by atoms with Crippen molar-refractivity contribution in [3.63, 3.8) is 0 Å². The quantitative estimate of drug-likeness (QED) is 0.747.